The highest BCUT2D eigenvalue weighted by Crippen LogP contribution is 2.36. The molecule has 0 aromatic carbocycles. The van der Waals surface area contributed by atoms with Crippen LogP contribution in [0.1, 0.15) is 24.6 Å². The van der Waals surface area contributed by atoms with Crippen LogP contribution in [0.2, 0.25) is 0 Å². The number of rotatable bonds is 2. The van der Waals surface area contributed by atoms with Crippen molar-refractivity contribution >= 4 is 0 Å². The molecule has 1 heterocycles. The number of nitrogens with zero attached hydrogens (tertiary/aromatic N) is 3. The fourth-order valence-electron chi connectivity index (χ4n) is 2.50. The van der Waals surface area contributed by atoms with E-state index in [0.29, 0.717) is 13.0 Å². The van der Waals surface area contributed by atoms with E-state index in [1.165, 1.54) is 4.68 Å². The van der Waals surface area contributed by atoms with Crippen LogP contribution in [0.5, 0.6) is 0 Å². The molecule has 1 aromatic heterocycles. The summed E-state index contributed by atoms with van der Waals surface area (Å²) in [6.45, 7) is 0.485. The summed E-state index contributed by atoms with van der Waals surface area (Å²) in [5.74, 6) is 1.02. The van der Waals surface area contributed by atoms with Gasteiger partial charge in [0.05, 0.1) is 6.10 Å². The van der Waals surface area contributed by atoms with Gasteiger partial charge in [-0.15, -0.1) is 0 Å². The van der Waals surface area contributed by atoms with E-state index < -0.39 is 0 Å². The standard InChI is InChI=1S/C10H18N4O2/c1-13-9(12-14(2)10(13)16)6-3-7(5-11)8(15)4-6/h6-8,15H,3-5,11H2,1-2H3/t6-,7+,8+/m1/s1. The van der Waals surface area contributed by atoms with Crippen molar-refractivity contribution < 1.29 is 5.11 Å². The quantitative estimate of drug-likeness (QED) is 0.672. The highest BCUT2D eigenvalue weighted by atomic mass is 16.3. The Labute approximate surface area is 93.7 Å². The van der Waals surface area contributed by atoms with Gasteiger partial charge in [0.1, 0.15) is 5.82 Å². The summed E-state index contributed by atoms with van der Waals surface area (Å²) in [5.41, 5.74) is 5.46. The lowest BCUT2D eigenvalue weighted by Gasteiger charge is -2.09. The number of aliphatic hydroxyl groups is 1. The molecular weight excluding hydrogens is 208 g/mol. The second-order valence-corrected chi connectivity index (χ2v) is 4.55. The molecule has 0 bridgehead atoms. The topological polar surface area (TPSA) is 86.1 Å². The molecule has 3 N–H and O–H groups in total. The maximum Gasteiger partial charge on any atom is 0.345 e. The maximum atomic E-state index is 11.6. The van der Waals surface area contributed by atoms with Gasteiger partial charge in [0, 0.05) is 20.0 Å². The average molecular weight is 226 g/mol. The Balaban J connectivity index is 2.27. The second-order valence-electron chi connectivity index (χ2n) is 4.55. The third-order valence-corrected chi connectivity index (χ3v) is 3.49. The normalized spacial score (nSPS) is 29.9. The first-order chi connectivity index (χ1) is 7.54. The van der Waals surface area contributed by atoms with Crippen LogP contribution < -0.4 is 11.4 Å². The number of nitrogens with two attached hydrogens (primary N) is 1. The number of hydrogen-bond donors (Lipinski definition) is 2. The Hall–Kier alpha value is -1.14. The van der Waals surface area contributed by atoms with Crippen molar-refractivity contribution in [3.05, 3.63) is 16.3 Å². The zero-order valence-electron chi connectivity index (χ0n) is 9.63. The molecule has 16 heavy (non-hydrogen) atoms. The lowest BCUT2D eigenvalue weighted by molar-refractivity contribution is 0.136. The van der Waals surface area contributed by atoms with E-state index in [-0.39, 0.29) is 23.6 Å². The summed E-state index contributed by atoms with van der Waals surface area (Å²) in [5, 5.41) is 14.0. The first kappa shape index (κ1) is 11.3. The van der Waals surface area contributed by atoms with Crippen molar-refractivity contribution in [3.63, 3.8) is 0 Å². The van der Waals surface area contributed by atoms with E-state index >= 15 is 0 Å². The van der Waals surface area contributed by atoms with Gasteiger partial charge in [-0.3, -0.25) is 4.57 Å². The molecule has 1 aromatic rings. The minimum atomic E-state index is -0.368. The van der Waals surface area contributed by atoms with Crippen LogP contribution >= 0.6 is 0 Å². The summed E-state index contributed by atoms with van der Waals surface area (Å²) in [6.07, 6.45) is 1.08. The third kappa shape index (κ3) is 1.68. The summed E-state index contributed by atoms with van der Waals surface area (Å²) >= 11 is 0. The number of aromatic nitrogens is 3. The largest absolute Gasteiger partial charge is 0.393 e. The molecule has 0 radical (unpaired) electrons. The van der Waals surface area contributed by atoms with E-state index in [9.17, 15) is 9.90 Å². The number of aryl methyl sites for hydroxylation is 1. The van der Waals surface area contributed by atoms with Gasteiger partial charge in [-0.25, -0.2) is 9.48 Å². The van der Waals surface area contributed by atoms with Gasteiger partial charge in [-0.05, 0) is 25.3 Å². The zero-order chi connectivity index (χ0) is 11.9. The molecule has 90 valence electrons. The molecule has 1 saturated carbocycles. The van der Waals surface area contributed by atoms with E-state index in [4.69, 9.17) is 5.73 Å². The Morgan fingerprint density at radius 2 is 2.19 bits per heavy atom. The zero-order valence-corrected chi connectivity index (χ0v) is 9.63. The van der Waals surface area contributed by atoms with E-state index in [2.05, 4.69) is 5.10 Å². The molecule has 0 unspecified atom stereocenters. The van der Waals surface area contributed by atoms with E-state index in [1.54, 1.807) is 18.7 Å². The number of hydrogen-bond acceptors (Lipinski definition) is 4. The Morgan fingerprint density at radius 3 is 2.62 bits per heavy atom. The van der Waals surface area contributed by atoms with Crippen molar-refractivity contribution in [2.75, 3.05) is 6.54 Å². The van der Waals surface area contributed by atoms with Crippen LogP contribution in [-0.4, -0.2) is 32.1 Å². The second kappa shape index (κ2) is 4.03. The van der Waals surface area contributed by atoms with Gasteiger partial charge >= 0.3 is 5.69 Å². The Morgan fingerprint density at radius 1 is 1.50 bits per heavy atom. The minimum Gasteiger partial charge on any atom is -0.393 e. The van der Waals surface area contributed by atoms with Gasteiger partial charge < -0.3 is 10.8 Å². The molecular formula is C10H18N4O2. The predicted octanol–water partition coefficient (Wildman–Crippen LogP) is -1.07. The molecule has 1 aliphatic carbocycles. The maximum absolute atomic E-state index is 11.6. The first-order valence-electron chi connectivity index (χ1n) is 5.52. The molecule has 1 aliphatic rings. The third-order valence-electron chi connectivity index (χ3n) is 3.49. The van der Waals surface area contributed by atoms with Gasteiger partial charge in [0.2, 0.25) is 0 Å². The monoisotopic (exact) mass is 226 g/mol. The summed E-state index contributed by atoms with van der Waals surface area (Å²) in [7, 11) is 3.35. The van der Waals surface area contributed by atoms with Crippen molar-refractivity contribution in [1.82, 2.24) is 14.3 Å². The minimum absolute atomic E-state index is 0.124. The van der Waals surface area contributed by atoms with Crippen LogP contribution in [0.4, 0.5) is 0 Å². The van der Waals surface area contributed by atoms with Crippen LogP contribution in [0.3, 0.4) is 0 Å². The van der Waals surface area contributed by atoms with Gasteiger partial charge in [0.15, 0.2) is 0 Å². The molecule has 0 aliphatic heterocycles. The summed E-state index contributed by atoms with van der Waals surface area (Å²) in [6, 6.07) is 0. The summed E-state index contributed by atoms with van der Waals surface area (Å²) in [4.78, 5) is 11.6. The first-order valence-corrected chi connectivity index (χ1v) is 5.52. The highest BCUT2D eigenvalue weighted by molar-refractivity contribution is 5.03. The van der Waals surface area contributed by atoms with Crippen molar-refractivity contribution in [3.8, 4) is 0 Å². The number of aliphatic hydroxyl groups excluding tert-OH is 1. The van der Waals surface area contributed by atoms with Crippen LogP contribution in [0.15, 0.2) is 4.79 Å². The SMILES string of the molecule is Cn1nc([C@@H]2C[C@@H](CN)[C@@H](O)C2)n(C)c1=O. The smallest absolute Gasteiger partial charge is 0.345 e. The van der Waals surface area contributed by atoms with E-state index in [1.807, 2.05) is 0 Å². The van der Waals surface area contributed by atoms with Gasteiger partial charge in [0.25, 0.3) is 0 Å². The van der Waals surface area contributed by atoms with Crippen LogP contribution in [0.25, 0.3) is 0 Å². The Kier molecular flexibility index (Phi) is 2.86. The van der Waals surface area contributed by atoms with Crippen molar-refractivity contribution in [2.45, 2.75) is 24.9 Å². The lowest BCUT2D eigenvalue weighted by Crippen LogP contribution is -2.21. The molecule has 2 rings (SSSR count). The molecule has 1 fully saturated rings. The predicted molar refractivity (Wildman–Crippen MR) is 59.0 cm³/mol. The van der Waals surface area contributed by atoms with Crippen molar-refractivity contribution in [1.29, 1.82) is 0 Å². The molecule has 0 saturated heterocycles. The molecule has 3 atom stereocenters. The van der Waals surface area contributed by atoms with Crippen LogP contribution in [0, 0.1) is 5.92 Å². The van der Waals surface area contributed by atoms with Crippen LogP contribution in [-0.2, 0) is 14.1 Å². The summed E-state index contributed by atoms with van der Waals surface area (Å²) < 4.78 is 2.88. The highest BCUT2D eigenvalue weighted by Gasteiger charge is 2.35. The Bertz CT molecular complexity index is 437. The molecule has 6 heteroatoms. The molecule has 0 spiro atoms. The fraction of sp³-hybridized carbons (Fsp3) is 0.800. The van der Waals surface area contributed by atoms with Gasteiger partial charge in [-0.2, -0.15) is 5.10 Å². The van der Waals surface area contributed by atoms with E-state index in [0.717, 1.165) is 12.2 Å². The average Bonchev–Trinajstić information content (AvgIpc) is 2.74. The fourth-order valence-corrected chi connectivity index (χ4v) is 2.50. The van der Waals surface area contributed by atoms with Crippen molar-refractivity contribution in [2.24, 2.45) is 25.7 Å². The molecule has 6 nitrogen and oxygen atoms in total. The van der Waals surface area contributed by atoms with Gasteiger partial charge in [-0.1, -0.05) is 0 Å². The molecule has 0 amide bonds. The lowest BCUT2D eigenvalue weighted by atomic mass is 10.0.